The summed E-state index contributed by atoms with van der Waals surface area (Å²) in [5.74, 6) is 0. The average Bonchev–Trinajstić information content (AvgIpc) is 1.91. The smallest absolute Gasteiger partial charge is 0.0231 e. The van der Waals surface area contributed by atoms with E-state index in [0.29, 0.717) is 0 Å². The maximum Gasteiger partial charge on any atom is -0.0231 e. The van der Waals surface area contributed by atoms with Gasteiger partial charge in [0.25, 0.3) is 0 Å². The summed E-state index contributed by atoms with van der Waals surface area (Å²) >= 11 is 2.27. The summed E-state index contributed by atoms with van der Waals surface area (Å²) in [6.45, 7) is 0. The van der Waals surface area contributed by atoms with E-state index in [4.69, 9.17) is 0 Å². The number of halogens is 1. The van der Waals surface area contributed by atoms with Crippen LogP contribution in [-0.2, 0) is 0 Å². The van der Waals surface area contributed by atoms with Crippen molar-refractivity contribution in [3.8, 4) is 0 Å². The van der Waals surface area contributed by atoms with Crippen LogP contribution in [0.2, 0.25) is 0 Å². The normalized spacial score (nSPS) is 20.3. The van der Waals surface area contributed by atoms with Gasteiger partial charge in [-0.05, 0) is 29.8 Å². The van der Waals surface area contributed by atoms with Gasteiger partial charge < -0.3 is 0 Å². The van der Waals surface area contributed by atoms with Crippen molar-refractivity contribution in [1.82, 2.24) is 0 Å². The summed E-state index contributed by atoms with van der Waals surface area (Å²) in [4.78, 5) is 0. The molecule has 0 spiro atoms. The molecule has 0 aromatic carbocycles. The van der Waals surface area contributed by atoms with Gasteiger partial charge in [-0.25, -0.2) is 0 Å². The molecule has 0 bridgehead atoms. The monoisotopic (exact) mass is 234 g/mol. The third kappa shape index (κ3) is 2.52. The zero-order valence-electron chi connectivity index (χ0n) is 5.44. The first-order valence-corrected chi connectivity index (χ1v) is 4.64. The second-order valence-electron chi connectivity index (χ2n) is 2.32. The SMILES string of the molecule is IC=CC1=CCCCC1. The summed E-state index contributed by atoms with van der Waals surface area (Å²) in [6.07, 6.45) is 9.90. The van der Waals surface area contributed by atoms with Crippen LogP contribution in [0.5, 0.6) is 0 Å². The molecule has 0 atom stereocenters. The Balaban J connectivity index is 2.46. The fourth-order valence-electron chi connectivity index (χ4n) is 1.10. The van der Waals surface area contributed by atoms with E-state index < -0.39 is 0 Å². The third-order valence-corrected chi connectivity index (χ3v) is 1.96. The minimum absolute atomic E-state index is 1.29. The molecule has 0 aliphatic heterocycles. The Morgan fingerprint density at radius 1 is 1.44 bits per heavy atom. The van der Waals surface area contributed by atoms with Crippen molar-refractivity contribution in [2.75, 3.05) is 0 Å². The Kier molecular flexibility index (Phi) is 3.33. The zero-order valence-corrected chi connectivity index (χ0v) is 7.60. The van der Waals surface area contributed by atoms with Crippen molar-refractivity contribution in [2.24, 2.45) is 0 Å². The summed E-state index contributed by atoms with van der Waals surface area (Å²) in [7, 11) is 0. The van der Waals surface area contributed by atoms with Crippen molar-refractivity contribution in [2.45, 2.75) is 25.7 Å². The van der Waals surface area contributed by atoms with Crippen LogP contribution in [0.3, 0.4) is 0 Å². The van der Waals surface area contributed by atoms with Crippen molar-refractivity contribution in [3.63, 3.8) is 0 Å². The Labute approximate surface area is 70.2 Å². The second kappa shape index (κ2) is 4.09. The van der Waals surface area contributed by atoms with Crippen molar-refractivity contribution >= 4 is 22.6 Å². The molecule has 1 aliphatic carbocycles. The third-order valence-electron chi connectivity index (χ3n) is 1.60. The van der Waals surface area contributed by atoms with Gasteiger partial charge >= 0.3 is 0 Å². The molecule has 0 aromatic heterocycles. The van der Waals surface area contributed by atoms with Gasteiger partial charge in [0.1, 0.15) is 0 Å². The number of allylic oxidation sites excluding steroid dienone is 3. The fourth-order valence-corrected chi connectivity index (χ4v) is 1.56. The van der Waals surface area contributed by atoms with Gasteiger partial charge in [-0.3, -0.25) is 0 Å². The lowest BCUT2D eigenvalue weighted by Gasteiger charge is -2.06. The number of hydrogen-bond donors (Lipinski definition) is 0. The van der Waals surface area contributed by atoms with Crippen molar-refractivity contribution in [1.29, 1.82) is 0 Å². The molecule has 1 rings (SSSR count). The van der Waals surface area contributed by atoms with Crippen LogP contribution < -0.4 is 0 Å². The van der Waals surface area contributed by atoms with Gasteiger partial charge in [0.15, 0.2) is 0 Å². The van der Waals surface area contributed by atoms with E-state index in [1.165, 1.54) is 31.3 Å². The van der Waals surface area contributed by atoms with Crippen LogP contribution in [0.1, 0.15) is 25.7 Å². The first-order valence-electron chi connectivity index (χ1n) is 3.39. The van der Waals surface area contributed by atoms with Crippen LogP contribution in [-0.4, -0.2) is 0 Å². The molecule has 0 nitrogen and oxygen atoms in total. The van der Waals surface area contributed by atoms with Crippen molar-refractivity contribution < 1.29 is 0 Å². The molecule has 0 heterocycles. The number of hydrogen-bond acceptors (Lipinski definition) is 0. The van der Waals surface area contributed by atoms with Crippen LogP contribution in [0.25, 0.3) is 0 Å². The highest BCUT2D eigenvalue weighted by molar-refractivity contribution is 14.1. The molecular formula is C8H11I. The van der Waals surface area contributed by atoms with E-state index >= 15 is 0 Å². The Morgan fingerprint density at radius 3 is 2.89 bits per heavy atom. The van der Waals surface area contributed by atoms with E-state index in [0.717, 1.165) is 0 Å². The summed E-state index contributed by atoms with van der Waals surface area (Å²) in [5.41, 5.74) is 1.52. The molecule has 1 heteroatoms. The maximum absolute atomic E-state index is 2.35. The molecule has 9 heavy (non-hydrogen) atoms. The average molecular weight is 234 g/mol. The minimum atomic E-state index is 1.29. The molecule has 0 amide bonds. The zero-order chi connectivity index (χ0) is 6.53. The predicted molar refractivity (Wildman–Crippen MR) is 49.7 cm³/mol. The molecule has 50 valence electrons. The van der Waals surface area contributed by atoms with Gasteiger partial charge in [-0.2, -0.15) is 0 Å². The molecule has 0 saturated carbocycles. The van der Waals surface area contributed by atoms with E-state index in [2.05, 4.69) is 38.8 Å². The molecule has 0 radical (unpaired) electrons. The molecule has 0 saturated heterocycles. The van der Waals surface area contributed by atoms with Crippen LogP contribution in [0.4, 0.5) is 0 Å². The molecule has 0 aromatic rings. The highest BCUT2D eigenvalue weighted by Crippen LogP contribution is 2.18. The van der Waals surface area contributed by atoms with Crippen LogP contribution in [0, 0.1) is 0 Å². The van der Waals surface area contributed by atoms with Crippen molar-refractivity contribution in [3.05, 3.63) is 21.8 Å². The van der Waals surface area contributed by atoms with Gasteiger partial charge in [0.05, 0.1) is 0 Å². The summed E-state index contributed by atoms with van der Waals surface area (Å²) < 4.78 is 2.09. The molecule has 0 unspecified atom stereocenters. The standard InChI is InChI=1S/C8H11I/c9-7-6-8-4-2-1-3-5-8/h4,6-7H,1-3,5H2. The van der Waals surface area contributed by atoms with Gasteiger partial charge in [0, 0.05) is 0 Å². The molecular weight excluding hydrogens is 223 g/mol. The Hall–Kier alpha value is 0.210. The first-order chi connectivity index (χ1) is 4.43. The maximum atomic E-state index is 2.35. The highest BCUT2D eigenvalue weighted by Gasteiger charge is 1.97. The second-order valence-corrected chi connectivity index (χ2v) is 3.04. The van der Waals surface area contributed by atoms with Gasteiger partial charge in [-0.1, -0.05) is 40.3 Å². The predicted octanol–water partition coefficient (Wildman–Crippen LogP) is 3.44. The first kappa shape index (κ1) is 7.32. The number of rotatable bonds is 1. The van der Waals surface area contributed by atoms with Crippen LogP contribution >= 0.6 is 22.6 Å². The topological polar surface area (TPSA) is 0 Å². The fraction of sp³-hybridized carbons (Fsp3) is 0.500. The Bertz CT molecular complexity index is 134. The molecule has 1 aliphatic rings. The highest BCUT2D eigenvalue weighted by atomic mass is 127. The van der Waals surface area contributed by atoms with E-state index in [-0.39, 0.29) is 0 Å². The molecule has 0 N–H and O–H groups in total. The summed E-state index contributed by atoms with van der Waals surface area (Å²) in [6, 6.07) is 0. The summed E-state index contributed by atoms with van der Waals surface area (Å²) in [5, 5.41) is 0. The lowest BCUT2D eigenvalue weighted by atomic mass is 10.0. The van der Waals surface area contributed by atoms with Gasteiger partial charge in [-0.15, -0.1) is 0 Å². The lowest BCUT2D eigenvalue weighted by molar-refractivity contribution is 0.712. The quantitative estimate of drug-likeness (QED) is 0.609. The van der Waals surface area contributed by atoms with Gasteiger partial charge in [0.2, 0.25) is 0 Å². The minimum Gasteiger partial charge on any atom is -0.0813 e. The van der Waals surface area contributed by atoms with E-state index in [9.17, 15) is 0 Å². The van der Waals surface area contributed by atoms with E-state index in [1.54, 1.807) is 0 Å². The van der Waals surface area contributed by atoms with E-state index in [1.807, 2.05) is 0 Å². The Morgan fingerprint density at radius 2 is 2.33 bits per heavy atom. The van der Waals surface area contributed by atoms with Crippen LogP contribution in [0.15, 0.2) is 21.8 Å². The largest absolute Gasteiger partial charge is 0.0813 e. The molecule has 0 fully saturated rings. The lowest BCUT2D eigenvalue weighted by Crippen LogP contribution is -1.87.